The van der Waals surface area contributed by atoms with Crippen LogP contribution in [-0.2, 0) is 0 Å². The standard InChI is InChI=1S/C11H15FN2O/c1-8-2-3-9(6-14-8)15-11-7-13-5-4-10(11)12/h2-3,6,10-11,13H,4-5,7H2,1H3/t10-,11+/m0/s1. The maximum atomic E-state index is 13.4. The van der Waals surface area contributed by atoms with Crippen LogP contribution in [0, 0.1) is 6.92 Å². The van der Waals surface area contributed by atoms with E-state index in [1.807, 2.05) is 19.1 Å². The van der Waals surface area contributed by atoms with E-state index >= 15 is 0 Å². The second kappa shape index (κ2) is 4.57. The Morgan fingerprint density at radius 1 is 1.53 bits per heavy atom. The van der Waals surface area contributed by atoms with Crippen LogP contribution in [0.1, 0.15) is 12.1 Å². The van der Waals surface area contributed by atoms with Gasteiger partial charge in [-0.2, -0.15) is 0 Å². The average molecular weight is 210 g/mol. The summed E-state index contributed by atoms with van der Waals surface area (Å²) in [4.78, 5) is 4.10. The molecular weight excluding hydrogens is 195 g/mol. The Hall–Kier alpha value is -1.16. The Morgan fingerprint density at radius 2 is 2.40 bits per heavy atom. The number of piperidine rings is 1. The summed E-state index contributed by atoms with van der Waals surface area (Å²) >= 11 is 0. The van der Waals surface area contributed by atoms with Gasteiger partial charge in [0.05, 0.1) is 6.20 Å². The first-order chi connectivity index (χ1) is 7.25. The molecule has 0 amide bonds. The highest BCUT2D eigenvalue weighted by molar-refractivity contribution is 5.19. The second-order valence-electron chi connectivity index (χ2n) is 3.80. The first-order valence-electron chi connectivity index (χ1n) is 5.20. The van der Waals surface area contributed by atoms with Crippen LogP contribution in [0.15, 0.2) is 18.3 Å². The fraction of sp³-hybridized carbons (Fsp3) is 0.545. The molecule has 2 heterocycles. The third-order valence-corrected chi connectivity index (χ3v) is 2.52. The number of alkyl halides is 1. The third-order valence-electron chi connectivity index (χ3n) is 2.52. The number of rotatable bonds is 2. The van der Waals surface area contributed by atoms with Gasteiger partial charge in [0.1, 0.15) is 18.0 Å². The maximum absolute atomic E-state index is 13.4. The minimum atomic E-state index is -0.882. The smallest absolute Gasteiger partial charge is 0.142 e. The fourth-order valence-corrected chi connectivity index (χ4v) is 1.61. The predicted octanol–water partition coefficient (Wildman–Crippen LogP) is 1.47. The molecule has 1 aliphatic rings. The number of aryl methyl sites for hydroxylation is 1. The summed E-state index contributed by atoms with van der Waals surface area (Å²) in [5, 5.41) is 3.11. The summed E-state index contributed by atoms with van der Waals surface area (Å²) < 4.78 is 19.0. The van der Waals surface area contributed by atoms with Gasteiger partial charge in [-0.15, -0.1) is 0 Å². The van der Waals surface area contributed by atoms with Gasteiger partial charge in [0, 0.05) is 12.2 Å². The van der Waals surface area contributed by atoms with Crippen LogP contribution in [0.4, 0.5) is 4.39 Å². The number of pyridine rings is 1. The second-order valence-corrected chi connectivity index (χ2v) is 3.80. The van der Waals surface area contributed by atoms with Crippen LogP contribution in [0.2, 0.25) is 0 Å². The van der Waals surface area contributed by atoms with E-state index in [1.54, 1.807) is 6.20 Å². The Labute approximate surface area is 88.7 Å². The van der Waals surface area contributed by atoms with Gasteiger partial charge in [-0.25, -0.2) is 4.39 Å². The van der Waals surface area contributed by atoms with Gasteiger partial charge in [0.25, 0.3) is 0 Å². The maximum Gasteiger partial charge on any atom is 0.142 e. The largest absolute Gasteiger partial charge is 0.484 e. The van der Waals surface area contributed by atoms with Crippen molar-refractivity contribution in [2.75, 3.05) is 13.1 Å². The number of hydrogen-bond acceptors (Lipinski definition) is 3. The Bertz CT molecular complexity index is 315. The van der Waals surface area contributed by atoms with E-state index in [0.29, 0.717) is 18.7 Å². The zero-order valence-corrected chi connectivity index (χ0v) is 8.74. The molecule has 0 unspecified atom stereocenters. The molecule has 1 aliphatic heterocycles. The molecule has 1 aromatic rings. The Morgan fingerprint density at radius 3 is 3.07 bits per heavy atom. The summed E-state index contributed by atoms with van der Waals surface area (Å²) in [5.74, 6) is 0.636. The number of hydrogen-bond donors (Lipinski definition) is 1. The molecule has 0 bridgehead atoms. The molecule has 1 saturated heterocycles. The van der Waals surface area contributed by atoms with Crippen LogP contribution < -0.4 is 10.1 Å². The van der Waals surface area contributed by atoms with Crippen LogP contribution in [0.3, 0.4) is 0 Å². The SMILES string of the molecule is Cc1ccc(O[C@@H]2CNCC[C@@H]2F)cn1. The van der Waals surface area contributed by atoms with Gasteiger partial charge in [-0.3, -0.25) is 4.98 Å². The number of halogens is 1. The van der Waals surface area contributed by atoms with E-state index in [4.69, 9.17) is 4.74 Å². The number of nitrogens with one attached hydrogen (secondary N) is 1. The predicted molar refractivity (Wildman–Crippen MR) is 55.8 cm³/mol. The van der Waals surface area contributed by atoms with E-state index in [9.17, 15) is 4.39 Å². The molecule has 0 saturated carbocycles. The number of ether oxygens (including phenoxy) is 1. The van der Waals surface area contributed by atoms with Gasteiger partial charge in [-0.05, 0) is 32.0 Å². The lowest BCUT2D eigenvalue weighted by Crippen LogP contribution is -2.45. The van der Waals surface area contributed by atoms with Crippen molar-refractivity contribution in [2.45, 2.75) is 25.6 Å². The first-order valence-corrected chi connectivity index (χ1v) is 5.20. The van der Waals surface area contributed by atoms with Gasteiger partial charge >= 0.3 is 0 Å². The Balaban J connectivity index is 1.98. The van der Waals surface area contributed by atoms with E-state index in [1.165, 1.54) is 0 Å². The van der Waals surface area contributed by atoms with Crippen molar-refractivity contribution in [3.63, 3.8) is 0 Å². The molecule has 0 aliphatic carbocycles. The van der Waals surface area contributed by atoms with Gasteiger partial charge in [0.2, 0.25) is 0 Å². The summed E-state index contributed by atoms with van der Waals surface area (Å²) in [6, 6.07) is 3.68. The molecule has 1 N–H and O–H groups in total. The molecule has 1 aromatic heterocycles. The molecule has 0 aromatic carbocycles. The van der Waals surface area contributed by atoms with E-state index < -0.39 is 6.17 Å². The minimum Gasteiger partial charge on any atom is -0.484 e. The van der Waals surface area contributed by atoms with Crippen LogP contribution >= 0.6 is 0 Å². The van der Waals surface area contributed by atoms with Gasteiger partial charge in [0.15, 0.2) is 0 Å². The normalized spacial score (nSPS) is 26.3. The molecule has 0 spiro atoms. The number of nitrogens with zero attached hydrogens (tertiary/aromatic N) is 1. The van der Waals surface area contributed by atoms with Gasteiger partial charge < -0.3 is 10.1 Å². The van der Waals surface area contributed by atoms with E-state index in [0.717, 1.165) is 12.2 Å². The van der Waals surface area contributed by atoms with Crippen molar-refractivity contribution in [1.29, 1.82) is 0 Å². The summed E-state index contributed by atoms with van der Waals surface area (Å²) in [6.07, 6.45) is 0.886. The quantitative estimate of drug-likeness (QED) is 0.802. The molecule has 15 heavy (non-hydrogen) atoms. The Kier molecular flexibility index (Phi) is 3.16. The van der Waals surface area contributed by atoms with Crippen molar-refractivity contribution < 1.29 is 9.13 Å². The lowest BCUT2D eigenvalue weighted by Gasteiger charge is -2.27. The minimum absolute atomic E-state index is 0.386. The lowest BCUT2D eigenvalue weighted by molar-refractivity contribution is 0.0742. The zero-order chi connectivity index (χ0) is 10.7. The molecule has 2 rings (SSSR count). The molecule has 82 valence electrons. The molecule has 1 fully saturated rings. The van der Waals surface area contributed by atoms with Crippen molar-refractivity contribution in [3.05, 3.63) is 24.0 Å². The average Bonchev–Trinajstić information content (AvgIpc) is 2.25. The highest BCUT2D eigenvalue weighted by Crippen LogP contribution is 2.17. The molecule has 2 atom stereocenters. The van der Waals surface area contributed by atoms with Crippen LogP contribution in [0.5, 0.6) is 5.75 Å². The van der Waals surface area contributed by atoms with E-state index in [2.05, 4.69) is 10.3 Å². The summed E-state index contributed by atoms with van der Waals surface area (Å²) in [5.41, 5.74) is 0.931. The summed E-state index contributed by atoms with van der Waals surface area (Å²) in [7, 11) is 0. The number of aromatic nitrogens is 1. The zero-order valence-electron chi connectivity index (χ0n) is 8.74. The van der Waals surface area contributed by atoms with Crippen molar-refractivity contribution in [1.82, 2.24) is 10.3 Å². The third kappa shape index (κ3) is 2.65. The molecule has 0 radical (unpaired) electrons. The molecule has 3 nitrogen and oxygen atoms in total. The topological polar surface area (TPSA) is 34.1 Å². The van der Waals surface area contributed by atoms with Crippen LogP contribution in [0.25, 0.3) is 0 Å². The van der Waals surface area contributed by atoms with Crippen LogP contribution in [-0.4, -0.2) is 30.3 Å². The van der Waals surface area contributed by atoms with Crippen molar-refractivity contribution in [3.8, 4) is 5.75 Å². The monoisotopic (exact) mass is 210 g/mol. The highest BCUT2D eigenvalue weighted by Gasteiger charge is 2.26. The molecular formula is C11H15FN2O. The lowest BCUT2D eigenvalue weighted by atomic mass is 10.1. The summed E-state index contributed by atoms with van der Waals surface area (Å²) in [6.45, 7) is 3.20. The first kappa shape index (κ1) is 10.4. The fourth-order valence-electron chi connectivity index (χ4n) is 1.61. The van der Waals surface area contributed by atoms with Crippen molar-refractivity contribution >= 4 is 0 Å². The highest BCUT2D eigenvalue weighted by atomic mass is 19.1. The van der Waals surface area contributed by atoms with Gasteiger partial charge in [-0.1, -0.05) is 0 Å². The molecule has 4 heteroatoms. The van der Waals surface area contributed by atoms with E-state index in [-0.39, 0.29) is 6.10 Å². The van der Waals surface area contributed by atoms with Crippen molar-refractivity contribution in [2.24, 2.45) is 0 Å².